The van der Waals surface area contributed by atoms with E-state index in [0.29, 0.717) is 5.69 Å². The van der Waals surface area contributed by atoms with Crippen LogP contribution in [0.15, 0.2) is 53.4 Å². The van der Waals surface area contributed by atoms with Crippen molar-refractivity contribution in [3.63, 3.8) is 0 Å². The first-order valence-electron chi connectivity index (χ1n) is 6.14. The summed E-state index contributed by atoms with van der Waals surface area (Å²) in [6.45, 7) is 0. The van der Waals surface area contributed by atoms with Crippen LogP contribution in [-0.2, 0) is 14.8 Å². The number of sulfonamides is 1. The Hall–Kier alpha value is -2.61. The molecule has 0 saturated carbocycles. The summed E-state index contributed by atoms with van der Waals surface area (Å²) in [5, 5.41) is 2.40. The van der Waals surface area contributed by atoms with Gasteiger partial charge in [0.05, 0.1) is 17.7 Å². The van der Waals surface area contributed by atoms with Crippen molar-refractivity contribution in [2.45, 2.75) is 4.90 Å². The molecule has 2 rings (SSSR count). The van der Waals surface area contributed by atoms with Crippen molar-refractivity contribution in [2.24, 2.45) is 0 Å². The Kier molecular flexibility index (Phi) is 4.62. The Balaban J connectivity index is 2.17. The predicted molar refractivity (Wildman–Crippen MR) is 79.7 cm³/mol. The zero-order valence-electron chi connectivity index (χ0n) is 11.5. The first kappa shape index (κ1) is 15.8. The molecule has 0 aliphatic carbocycles. The highest BCUT2D eigenvalue weighted by atomic mass is 32.2. The Morgan fingerprint density at radius 3 is 2.36 bits per heavy atom. The fourth-order valence-corrected chi connectivity index (χ4v) is 2.70. The zero-order valence-corrected chi connectivity index (χ0v) is 12.4. The highest BCUT2D eigenvalue weighted by molar-refractivity contribution is 7.92. The molecule has 0 atom stereocenters. The van der Waals surface area contributed by atoms with Gasteiger partial charge in [-0.1, -0.05) is 6.07 Å². The van der Waals surface area contributed by atoms with Crippen LogP contribution in [0.3, 0.4) is 0 Å². The van der Waals surface area contributed by atoms with E-state index in [1.54, 1.807) is 0 Å². The monoisotopic (exact) mass is 324 g/mol. The summed E-state index contributed by atoms with van der Waals surface area (Å²) in [6, 6.07) is 10.6. The van der Waals surface area contributed by atoms with Crippen molar-refractivity contribution < 1.29 is 22.3 Å². The average Bonchev–Trinajstić information content (AvgIpc) is 2.47. The number of amides is 1. The van der Waals surface area contributed by atoms with Crippen LogP contribution >= 0.6 is 0 Å². The quantitative estimate of drug-likeness (QED) is 0.905. The number of benzene rings is 2. The van der Waals surface area contributed by atoms with E-state index in [1.165, 1.54) is 49.6 Å². The first-order chi connectivity index (χ1) is 10.4. The third-order valence-corrected chi connectivity index (χ3v) is 4.07. The molecule has 0 aliphatic rings. The van der Waals surface area contributed by atoms with Crippen molar-refractivity contribution >= 4 is 27.5 Å². The molecule has 0 radical (unpaired) electrons. The Morgan fingerprint density at radius 1 is 1.09 bits per heavy atom. The summed E-state index contributed by atoms with van der Waals surface area (Å²) in [5.74, 6) is -0.544. The smallest absolute Gasteiger partial charge is 0.411 e. The van der Waals surface area contributed by atoms with E-state index in [2.05, 4.69) is 14.8 Å². The molecule has 6 nitrogen and oxygen atoms in total. The number of carbonyl (C=O) groups excluding carboxylic acids is 1. The molecule has 0 aromatic heterocycles. The SMILES string of the molecule is COC(=O)Nc1ccc(S(=O)(=O)Nc2cccc(F)c2)cc1. The van der Waals surface area contributed by atoms with E-state index in [4.69, 9.17) is 0 Å². The predicted octanol–water partition coefficient (Wildman–Crippen LogP) is 2.80. The van der Waals surface area contributed by atoms with Crippen LogP contribution in [0.25, 0.3) is 0 Å². The van der Waals surface area contributed by atoms with E-state index in [-0.39, 0.29) is 10.6 Å². The molecule has 2 N–H and O–H groups in total. The normalized spacial score (nSPS) is 10.8. The van der Waals surface area contributed by atoms with Gasteiger partial charge in [0.2, 0.25) is 0 Å². The fourth-order valence-electron chi connectivity index (χ4n) is 1.65. The van der Waals surface area contributed by atoms with E-state index >= 15 is 0 Å². The van der Waals surface area contributed by atoms with Crippen LogP contribution < -0.4 is 10.0 Å². The van der Waals surface area contributed by atoms with Gasteiger partial charge >= 0.3 is 6.09 Å². The minimum Gasteiger partial charge on any atom is -0.453 e. The molecule has 2 aromatic rings. The topological polar surface area (TPSA) is 84.5 Å². The maximum absolute atomic E-state index is 13.1. The van der Waals surface area contributed by atoms with Gasteiger partial charge in [0, 0.05) is 5.69 Å². The van der Waals surface area contributed by atoms with Gasteiger partial charge in [-0.05, 0) is 42.5 Å². The summed E-state index contributed by atoms with van der Waals surface area (Å²) < 4.78 is 44.1. The molecule has 22 heavy (non-hydrogen) atoms. The van der Waals surface area contributed by atoms with Crippen LogP contribution in [0.2, 0.25) is 0 Å². The van der Waals surface area contributed by atoms with E-state index < -0.39 is 21.9 Å². The maximum Gasteiger partial charge on any atom is 0.411 e. The summed E-state index contributed by atoms with van der Waals surface area (Å²) in [6.07, 6.45) is -0.659. The lowest BCUT2D eigenvalue weighted by molar-refractivity contribution is 0.187. The van der Waals surface area contributed by atoms with Gasteiger partial charge < -0.3 is 4.74 Å². The van der Waals surface area contributed by atoms with Crippen molar-refractivity contribution in [1.82, 2.24) is 0 Å². The number of carbonyl (C=O) groups is 1. The maximum atomic E-state index is 13.1. The van der Waals surface area contributed by atoms with Crippen molar-refractivity contribution in [3.05, 3.63) is 54.3 Å². The zero-order chi connectivity index (χ0) is 16.2. The largest absolute Gasteiger partial charge is 0.453 e. The third-order valence-electron chi connectivity index (χ3n) is 2.67. The molecule has 0 spiro atoms. The Morgan fingerprint density at radius 2 is 1.77 bits per heavy atom. The fraction of sp³-hybridized carbons (Fsp3) is 0.0714. The van der Waals surface area contributed by atoms with Crippen LogP contribution in [0, 0.1) is 5.82 Å². The molecule has 1 amide bonds. The molecule has 0 unspecified atom stereocenters. The second-order valence-electron chi connectivity index (χ2n) is 4.26. The van der Waals surface area contributed by atoms with Gasteiger partial charge in [0.25, 0.3) is 10.0 Å². The van der Waals surface area contributed by atoms with Crippen molar-refractivity contribution in [3.8, 4) is 0 Å². The number of rotatable bonds is 4. The second-order valence-corrected chi connectivity index (χ2v) is 5.94. The van der Waals surface area contributed by atoms with Crippen molar-refractivity contribution in [2.75, 3.05) is 17.1 Å². The van der Waals surface area contributed by atoms with Gasteiger partial charge in [-0.2, -0.15) is 0 Å². The van der Waals surface area contributed by atoms with Crippen LogP contribution in [-0.4, -0.2) is 21.6 Å². The highest BCUT2D eigenvalue weighted by Gasteiger charge is 2.14. The molecule has 0 aliphatic heterocycles. The molecule has 0 bridgehead atoms. The van der Waals surface area contributed by atoms with Gasteiger partial charge in [0.15, 0.2) is 0 Å². The summed E-state index contributed by atoms with van der Waals surface area (Å²) in [7, 11) is -2.62. The van der Waals surface area contributed by atoms with Crippen LogP contribution in [0.4, 0.5) is 20.6 Å². The minimum absolute atomic E-state index is 0.0211. The molecule has 116 valence electrons. The Bertz CT molecular complexity index is 776. The number of hydrogen-bond acceptors (Lipinski definition) is 4. The lowest BCUT2D eigenvalue weighted by atomic mass is 10.3. The third kappa shape index (κ3) is 3.95. The Labute approximate surface area is 127 Å². The molecule has 8 heteroatoms. The molecule has 2 aromatic carbocycles. The number of methoxy groups -OCH3 is 1. The van der Waals surface area contributed by atoms with Gasteiger partial charge in [-0.25, -0.2) is 17.6 Å². The highest BCUT2D eigenvalue weighted by Crippen LogP contribution is 2.18. The van der Waals surface area contributed by atoms with Gasteiger partial charge in [0.1, 0.15) is 5.82 Å². The average molecular weight is 324 g/mol. The number of ether oxygens (including phenoxy) is 1. The lowest BCUT2D eigenvalue weighted by Crippen LogP contribution is -2.14. The molecular weight excluding hydrogens is 311 g/mol. The summed E-state index contributed by atoms with van der Waals surface area (Å²) >= 11 is 0. The summed E-state index contributed by atoms with van der Waals surface area (Å²) in [4.78, 5) is 11.0. The van der Waals surface area contributed by atoms with Crippen LogP contribution in [0.5, 0.6) is 0 Å². The standard InChI is InChI=1S/C14H13FN2O4S/c1-21-14(18)16-11-5-7-13(8-6-11)22(19,20)17-12-4-2-3-10(15)9-12/h2-9,17H,1H3,(H,16,18). The molecule has 0 heterocycles. The van der Waals surface area contributed by atoms with Gasteiger partial charge in [-0.15, -0.1) is 0 Å². The van der Waals surface area contributed by atoms with Crippen molar-refractivity contribution in [1.29, 1.82) is 0 Å². The lowest BCUT2D eigenvalue weighted by Gasteiger charge is -2.09. The van der Waals surface area contributed by atoms with Gasteiger partial charge in [-0.3, -0.25) is 10.0 Å². The molecule has 0 fully saturated rings. The molecule has 0 saturated heterocycles. The number of halogens is 1. The number of nitrogens with one attached hydrogen (secondary N) is 2. The van der Waals surface area contributed by atoms with E-state index in [1.807, 2.05) is 0 Å². The van der Waals surface area contributed by atoms with E-state index in [9.17, 15) is 17.6 Å². The summed E-state index contributed by atoms with van der Waals surface area (Å²) in [5.41, 5.74) is 0.508. The number of hydrogen-bond donors (Lipinski definition) is 2. The van der Waals surface area contributed by atoms with Crippen LogP contribution in [0.1, 0.15) is 0 Å². The van der Waals surface area contributed by atoms with E-state index in [0.717, 1.165) is 6.07 Å². The molecular formula is C14H13FN2O4S. The number of anilines is 2. The first-order valence-corrected chi connectivity index (χ1v) is 7.62. The minimum atomic E-state index is -3.84. The second kappa shape index (κ2) is 6.44.